The van der Waals surface area contributed by atoms with E-state index in [0.717, 1.165) is 11.1 Å². The molecule has 2 aliphatic rings. The van der Waals surface area contributed by atoms with Crippen molar-refractivity contribution in [3.63, 3.8) is 0 Å². The Hall–Kier alpha value is -6.29. The summed E-state index contributed by atoms with van der Waals surface area (Å²) in [6.07, 6.45) is -5.08. The number of aromatic hydroxyl groups is 1. The van der Waals surface area contributed by atoms with E-state index in [2.05, 4.69) is 10.3 Å². The van der Waals surface area contributed by atoms with E-state index in [4.69, 9.17) is 23.5 Å². The number of nitrogens with zero attached hydrogens (tertiary/aromatic N) is 1. The Morgan fingerprint density at radius 2 is 1.73 bits per heavy atom. The lowest BCUT2D eigenvalue weighted by atomic mass is 9.79. The van der Waals surface area contributed by atoms with E-state index < -0.39 is 84.6 Å². The number of phenolic OH excluding ortho intramolecular Hbond substituents is 1. The summed E-state index contributed by atoms with van der Waals surface area (Å²) >= 11 is 0. The fraction of sp³-hybridized carbons (Fsp3) is 0.356. The number of fused-ring (bicyclic) bond motifs is 2. The molecule has 19 nitrogen and oxygen atoms in total. The fourth-order valence-corrected chi connectivity index (χ4v) is 8.62. The predicted octanol–water partition coefficient (Wildman–Crippen LogP) is 1.66. The number of benzene rings is 3. The highest BCUT2D eigenvalue weighted by Gasteiger charge is 2.60. The number of carbonyl (C=O) groups excluding carboxylic acids is 1. The maximum Gasteiger partial charge on any atom is 0.327 e. The molecule has 5 heterocycles. The number of H-pyrrole nitrogens is 1. The van der Waals surface area contributed by atoms with Crippen LogP contribution in [0, 0.1) is 25.7 Å². The van der Waals surface area contributed by atoms with Gasteiger partial charge >= 0.3 is 11.9 Å². The third-order valence-corrected chi connectivity index (χ3v) is 11.8. The van der Waals surface area contributed by atoms with E-state index in [1.807, 2.05) is 32.0 Å². The standard InChI is InChI=1S/C45H47N3O16/c1-22-14-23(2)16-26(15-22)35-34-25(11-13-46-34)18-48(35)64-39-37(53)38(54)40(44(58,21-50)63-42(57)33(41(55)56)45(59)27(19-49)4-3-12-47-45)62-43(39)61-29-9-10-30-32(17-29)60-20-31(36(30)52)24-5-7-28(51)8-6-24/h5-11,13-18,20,27,33,37-40,43,46-47,49-51,53-54,58-59H,3-4,12,19,21H2,1-2H3,(H,55,56). The molecule has 3 aromatic carbocycles. The monoisotopic (exact) mass is 885 g/mol. The lowest BCUT2D eigenvalue weighted by Gasteiger charge is -2.47. The Kier molecular flexibility index (Phi) is 12.0. The first-order chi connectivity index (χ1) is 30.5. The minimum atomic E-state index is -3.31. The number of aliphatic hydroxyl groups excluding tert-OH is 4. The summed E-state index contributed by atoms with van der Waals surface area (Å²) in [6, 6.07) is 17.6. The molecule has 2 saturated heterocycles. The third-order valence-electron chi connectivity index (χ3n) is 11.8. The molecule has 19 heteroatoms. The first-order valence-electron chi connectivity index (χ1n) is 20.4. The number of aromatic amines is 1. The Morgan fingerprint density at radius 3 is 2.42 bits per heavy atom. The SMILES string of the molecule is Cc1cc(C)cc(-c2c3[nH]ccc3cn2OC2C(Oc3ccc4c(=O)c(-c5ccc(O)cc5)coc4c3)OC(C(O)(CO)OC(=O)C(C(=O)O)C3(O)NCCCC3CO)C(O)C2O)c1. The normalized spacial score (nSPS) is 25.1. The first kappa shape index (κ1) is 44.3. The highest BCUT2D eigenvalue weighted by atomic mass is 16.8. The highest BCUT2D eigenvalue weighted by molar-refractivity contribution is 5.96. The second-order valence-corrected chi connectivity index (χ2v) is 16.2. The van der Waals surface area contributed by atoms with Gasteiger partial charge < -0.3 is 69.3 Å². The van der Waals surface area contributed by atoms with Crippen LogP contribution in [0.25, 0.3) is 44.3 Å². The number of phenols is 1. The van der Waals surface area contributed by atoms with Crippen LogP contribution in [0.15, 0.2) is 94.6 Å². The number of hydrogen-bond donors (Lipinski definition) is 10. The van der Waals surface area contributed by atoms with Crippen LogP contribution >= 0.6 is 0 Å². The van der Waals surface area contributed by atoms with Crippen LogP contribution < -0.4 is 20.3 Å². The van der Waals surface area contributed by atoms with Crippen LogP contribution in [0.5, 0.6) is 11.5 Å². The Morgan fingerprint density at radius 1 is 1.00 bits per heavy atom. The molecule has 9 unspecified atom stereocenters. The molecule has 64 heavy (non-hydrogen) atoms. The van der Waals surface area contributed by atoms with Crippen molar-refractivity contribution in [3.05, 3.63) is 107 Å². The smallest absolute Gasteiger partial charge is 0.327 e. The number of piperidine rings is 1. The van der Waals surface area contributed by atoms with Crippen molar-refractivity contribution < 1.29 is 73.9 Å². The Bertz CT molecular complexity index is 2730. The topological polar surface area (TPSA) is 296 Å². The average Bonchev–Trinajstić information content (AvgIpc) is 3.85. The van der Waals surface area contributed by atoms with Gasteiger partial charge in [-0.2, -0.15) is 4.73 Å². The number of carboxylic acid groups (broad SMARTS) is 1. The Balaban J connectivity index is 1.17. The summed E-state index contributed by atoms with van der Waals surface area (Å²) in [7, 11) is 0. The van der Waals surface area contributed by atoms with Gasteiger partial charge in [-0.05, 0) is 81.3 Å². The van der Waals surface area contributed by atoms with Crippen molar-refractivity contribution >= 4 is 33.8 Å². The molecule has 0 saturated carbocycles. The van der Waals surface area contributed by atoms with Crippen LogP contribution in [0.4, 0.5) is 0 Å². The molecule has 0 bridgehead atoms. The van der Waals surface area contributed by atoms with Gasteiger partial charge in [0.25, 0.3) is 5.79 Å². The molecule has 8 rings (SSSR count). The van der Waals surface area contributed by atoms with Gasteiger partial charge in [0.15, 0.2) is 17.5 Å². The number of aliphatic carboxylic acids is 1. The number of ether oxygens (including phenoxy) is 3. The molecule has 6 aromatic rings. The van der Waals surface area contributed by atoms with Crippen molar-refractivity contribution in [1.82, 2.24) is 15.0 Å². The van der Waals surface area contributed by atoms with Crippen molar-refractivity contribution in [2.75, 3.05) is 19.8 Å². The maximum absolute atomic E-state index is 13.7. The second-order valence-electron chi connectivity index (χ2n) is 16.2. The van der Waals surface area contributed by atoms with E-state index in [0.29, 0.717) is 34.1 Å². The number of aryl methyl sites for hydroxylation is 2. The molecular formula is C45H47N3O16. The predicted molar refractivity (Wildman–Crippen MR) is 224 cm³/mol. The third kappa shape index (κ3) is 8.07. The van der Waals surface area contributed by atoms with Gasteiger partial charge in [-0.1, -0.05) is 29.3 Å². The molecular weight excluding hydrogens is 839 g/mol. The van der Waals surface area contributed by atoms with Crippen molar-refractivity contribution in [1.29, 1.82) is 0 Å². The minimum Gasteiger partial charge on any atom is -0.508 e. The van der Waals surface area contributed by atoms with E-state index in [-0.39, 0.29) is 41.0 Å². The van der Waals surface area contributed by atoms with Crippen LogP contribution in [0.1, 0.15) is 24.0 Å². The number of carboxylic acids is 1. The maximum atomic E-state index is 13.7. The zero-order chi connectivity index (χ0) is 45.7. The van der Waals surface area contributed by atoms with Crippen molar-refractivity contribution in [2.45, 2.75) is 68.9 Å². The molecule has 338 valence electrons. The van der Waals surface area contributed by atoms with Crippen LogP contribution in [-0.4, -0.2) is 124 Å². The lowest BCUT2D eigenvalue weighted by molar-refractivity contribution is -0.356. The van der Waals surface area contributed by atoms with Crippen LogP contribution in [-0.2, 0) is 19.1 Å². The van der Waals surface area contributed by atoms with Gasteiger partial charge in [-0.3, -0.25) is 19.7 Å². The summed E-state index contributed by atoms with van der Waals surface area (Å²) in [6.45, 7) is 1.64. The van der Waals surface area contributed by atoms with Crippen molar-refractivity contribution in [3.8, 4) is 33.9 Å². The van der Waals surface area contributed by atoms with Gasteiger partial charge in [0, 0.05) is 29.1 Å². The molecule has 0 amide bonds. The molecule has 9 atom stereocenters. The molecule has 0 radical (unpaired) electrons. The van der Waals surface area contributed by atoms with Gasteiger partial charge in [0.05, 0.1) is 29.3 Å². The number of hydrogen-bond acceptors (Lipinski definition) is 16. The fourth-order valence-electron chi connectivity index (χ4n) is 8.62. The summed E-state index contributed by atoms with van der Waals surface area (Å²) < 4.78 is 24.7. The summed E-state index contributed by atoms with van der Waals surface area (Å²) in [5, 5.41) is 90.7. The number of nitrogens with one attached hydrogen (secondary N) is 2. The highest BCUT2D eigenvalue weighted by Crippen LogP contribution is 2.38. The first-order valence-corrected chi connectivity index (χ1v) is 20.4. The average molecular weight is 886 g/mol. The molecule has 0 spiro atoms. The zero-order valence-corrected chi connectivity index (χ0v) is 34.5. The molecule has 0 aliphatic carbocycles. The molecule has 2 fully saturated rings. The largest absolute Gasteiger partial charge is 0.508 e. The Labute approximate surface area is 363 Å². The minimum absolute atomic E-state index is 0.00482. The number of rotatable bonds is 13. The second kappa shape index (κ2) is 17.4. The summed E-state index contributed by atoms with van der Waals surface area (Å²) in [5.74, 6) is -10.7. The van der Waals surface area contributed by atoms with E-state index in [1.54, 1.807) is 30.6 Å². The van der Waals surface area contributed by atoms with Gasteiger partial charge in [-0.15, -0.1) is 0 Å². The molecule has 2 aliphatic heterocycles. The van der Waals surface area contributed by atoms with Crippen LogP contribution in [0.3, 0.4) is 0 Å². The number of esters is 1. The lowest BCUT2D eigenvalue weighted by Crippen LogP contribution is -2.70. The van der Waals surface area contributed by atoms with E-state index >= 15 is 0 Å². The number of aliphatic hydroxyl groups is 6. The summed E-state index contributed by atoms with van der Waals surface area (Å²) in [5.41, 5.74) is 1.48. The van der Waals surface area contributed by atoms with Gasteiger partial charge in [-0.25, -0.2) is 0 Å². The zero-order valence-electron chi connectivity index (χ0n) is 34.5. The molecule has 3 aromatic heterocycles. The quantitative estimate of drug-likeness (QED) is 0.0448. The van der Waals surface area contributed by atoms with E-state index in [1.165, 1.54) is 41.3 Å². The number of aromatic nitrogens is 2. The van der Waals surface area contributed by atoms with Crippen LogP contribution in [0.2, 0.25) is 0 Å². The molecule has 10 N–H and O–H groups in total. The van der Waals surface area contributed by atoms with Gasteiger partial charge in [0.1, 0.15) is 53.6 Å². The van der Waals surface area contributed by atoms with E-state index in [9.17, 15) is 55.2 Å². The summed E-state index contributed by atoms with van der Waals surface area (Å²) in [4.78, 5) is 49.5. The van der Waals surface area contributed by atoms with Crippen molar-refractivity contribution in [2.24, 2.45) is 11.8 Å². The van der Waals surface area contributed by atoms with Gasteiger partial charge in [0.2, 0.25) is 12.4 Å². The number of carbonyl (C=O) groups is 2.